The Labute approximate surface area is 124 Å². The monoisotopic (exact) mass is 286 g/mol. The molecular formula is C18H19FO2. The zero-order valence-electron chi connectivity index (χ0n) is 11.9. The van der Waals surface area contributed by atoms with E-state index < -0.39 is 5.82 Å². The normalized spacial score (nSPS) is 17.3. The van der Waals surface area contributed by atoms with E-state index in [-0.39, 0.29) is 12.4 Å². The Bertz CT molecular complexity index is 624. The first-order valence-electron chi connectivity index (χ1n) is 7.38. The topological polar surface area (TPSA) is 29.5 Å². The van der Waals surface area contributed by atoms with E-state index >= 15 is 0 Å². The molecule has 1 aliphatic carbocycles. The number of aliphatic hydroxyl groups is 1. The molecule has 21 heavy (non-hydrogen) atoms. The number of fused-ring (bicyclic) bond motifs is 1. The van der Waals surface area contributed by atoms with Gasteiger partial charge in [0.2, 0.25) is 0 Å². The van der Waals surface area contributed by atoms with Crippen molar-refractivity contribution in [1.82, 2.24) is 0 Å². The van der Waals surface area contributed by atoms with Gasteiger partial charge in [0, 0.05) is 5.92 Å². The van der Waals surface area contributed by atoms with E-state index in [0.717, 1.165) is 19.3 Å². The van der Waals surface area contributed by atoms with Gasteiger partial charge in [0.15, 0.2) is 11.6 Å². The molecule has 0 heterocycles. The molecule has 110 valence electrons. The number of rotatable bonds is 4. The minimum atomic E-state index is -0.411. The molecule has 0 amide bonds. The molecule has 1 atom stereocenters. The summed E-state index contributed by atoms with van der Waals surface area (Å²) in [6, 6.07) is 13.0. The highest BCUT2D eigenvalue weighted by Gasteiger charge is 2.20. The van der Waals surface area contributed by atoms with Crippen LogP contribution in [0.5, 0.6) is 5.75 Å². The van der Waals surface area contributed by atoms with E-state index in [4.69, 9.17) is 9.84 Å². The molecule has 2 nitrogen and oxygen atoms in total. The van der Waals surface area contributed by atoms with Crippen LogP contribution in [-0.4, -0.2) is 11.7 Å². The Kier molecular flexibility index (Phi) is 4.20. The lowest BCUT2D eigenvalue weighted by molar-refractivity contribution is 0.261. The van der Waals surface area contributed by atoms with E-state index in [1.807, 2.05) is 6.07 Å². The summed E-state index contributed by atoms with van der Waals surface area (Å²) >= 11 is 0. The maximum Gasteiger partial charge on any atom is 0.165 e. The van der Waals surface area contributed by atoms with Crippen molar-refractivity contribution in [3.05, 3.63) is 65.0 Å². The Morgan fingerprint density at radius 1 is 1.19 bits per heavy atom. The van der Waals surface area contributed by atoms with Crippen LogP contribution in [0.4, 0.5) is 4.39 Å². The number of aliphatic hydroxyl groups excluding tert-OH is 1. The van der Waals surface area contributed by atoms with Crippen LogP contribution >= 0.6 is 0 Å². The third-order valence-corrected chi connectivity index (χ3v) is 4.11. The molecule has 3 rings (SSSR count). The van der Waals surface area contributed by atoms with E-state index in [1.165, 1.54) is 17.2 Å². The lowest BCUT2D eigenvalue weighted by Gasteiger charge is -2.25. The summed E-state index contributed by atoms with van der Waals surface area (Å²) in [5.74, 6) is 0.174. The smallest absolute Gasteiger partial charge is 0.165 e. The van der Waals surface area contributed by atoms with Crippen LogP contribution in [0, 0.1) is 5.82 Å². The van der Waals surface area contributed by atoms with Crippen molar-refractivity contribution in [3.63, 3.8) is 0 Å². The van der Waals surface area contributed by atoms with Crippen molar-refractivity contribution in [2.24, 2.45) is 0 Å². The summed E-state index contributed by atoms with van der Waals surface area (Å²) in [4.78, 5) is 0. The van der Waals surface area contributed by atoms with Crippen molar-refractivity contribution < 1.29 is 14.2 Å². The Balaban J connectivity index is 1.71. The minimum Gasteiger partial charge on any atom is -0.490 e. The highest BCUT2D eigenvalue weighted by molar-refractivity contribution is 5.33. The fraction of sp³-hybridized carbons (Fsp3) is 0.333. The molecule has 0 radical (unpaired) electrons. The number of halogens is 1. The Morgan fingerprint density at radius 3 is 2.86 bits per heavy atom. The molecule has 1 N–H and O–H groups in total. The van der Waals surface area contributed by atoms with Gasteiger partial charge in [0.1, 0.15) is 0 Å². The van der Waals surface area contributed by atoms with Crippen LogP contribution in [0.15, 0.2) is 42.5 Å². The van der Waals surface area contributed by atoms with Gasteiger partial charge in [-0.05, 0) is 48.1 Å². The molecule has 2 aromatic rings. The number of ether oxygens (including phenoxy) is 1. The van der Waals surface area contributed by atoms with Gasteiger partial charge in [-0.1, -0.05) is 30.3 Å². The molecule has 0 aromatic heterocycles. The van der Waals surface area contributed by atoms with Gasteiger partial charge in [-0.3, -0.25) is 0 Å². The molecule has 1 unspecified atom stereocenters. The van der Waals surface area contributed by atoms with Crippen molar-refractivity contribution in [3.8, 4) is 5.75 Å². The summed E-state index contributed by atoms with van der Waals surface area (Å²) in [6.45, 7) is 0.333. The Hall–Kier alpha value is -1.87. The highest BCUT2D eigenvalue weighted by Crippen LogP contribution is 2.32. The molecule has 3 heteroatoms. The summed E-state index contributed by atoms with van der Waals surface area (Å²) in [6.07, 6.45) is 3.34. The number of hydrogen-bond acceptors (Lipinski definition) is 2. The van der Waals surface area contributed by atoms with Crippen molar-refractivity contribution in [2.45, 2.75) is 31.8 Å². The molecular weight excluding hydrogens is 267 g/mol. The van der Waals surface area contributed by atoms with Crippen molar-refractivity contribution >= 4 is 0 Å². The number of hydrogen-bond donors (Lipinski definition) is 1. The van der Waals surface area contributed by atoms with Crippen molar-refractivity contribution in [1.29, 1.82) is 0 Å². The first-order valence-corrected chi connectivity index (χ1v) is 7.38. The summed E-state index contributed by atoms with van der Waals surface area (Å²) in [5, 5.41) is 8.99. The largest absolute Gasteiger partial charge is 0.490 e. The molecule has 2 aromatic carbocycles. The second-order valence-corrected chi connectivity index (χ2v) is 5.52. The van der Waals surface area contributed by atoms with Crippen LogP contribution in [-0.2, 0) is 13.0 Å². The molecule has 0 bridgehead atoms. The number of aryl methyl sites for hydroxylation is 1. The Morgan fingerprint density at radius 2 is 2.05 bits per heavy atom. The third kappa shape index (κ3) is 3.08. The first kappa shape index (κ1) is 14.1. The van der Waals surface area contributed by atoms with Gasteiger partial charge in [-0.15, -0.1) is 0 Å². The lowest BCUT2D eigenvalue weighted by atomic mass is 9.83. The third-order valence-electron chi connectivity index (χ3n) is 4.11. The second kappa shape index (κ2) is 6.27. The predicted molar refractivity (Wildman–Crippen MR) is 79.9 cm³/mol. The lowest BCUT2D eigenvalue weighted by Crippen LogP contribution is -2.17. The molecule has 0 spiro atoms. The summed E-state index contributed by atoms with van der Waals surface area (Å²) in [5.41, 5.74) is 3.27. The highest BCUT2D eigenvalue weighted by atomic mass is 19.1. The zero-order valence-corrected chi connectivity index (χ0v) is 11.9. The van der Waals surface area contributed by atoms with Gasteiger partial charge in [-0.2, -0.15) is 0 Å². The standard InChI is InChI=1S/C18H19FO2/c19-17-10-13(11-20)8-9-18(17)21-12-15-6-3-5-14-4-1-2-7-16(14)15/h1-2,4,7-10,15,20H,3,5-6,11-12H2. The predicted octanol–water partition coefficient (Wildman–Crippen LogP) is 3.82. The molecule has 0 aliphatic heterocycles. The second-order valence-electron chi connectivity index (χ2n) is 5.52. The van der Waals surface area contributed by atoms with Gasteiger partial charge < -0.3 is 9.84 Å². The maximum absolute atomic E-state index is 13.9. The van der Waals surface area contributed by atoms with E-state index in [0.29, 0.717) is 18.1 Å². The van der Waals surface area contributed by atoms with E-state index in [1.54, 1.807) is 12.1 Å². The first-order chi connectivity index (χ1) is 10.3. The van der Waals surface area contributed by atoms with Gasteiger partial charge >= 0.3 is 0 Å². The fourth-order valence-electron chi connectivity index (χ4n) is 2.98. The molecule has 0 fully saturated rings. The van der Waals surface area contributed by atoms with Crippen LogP contribution < -0.4 is 4.74 Å². The summed E-state index contributed by atoms with van der Waals surface area (Å²) in [7, 11) is 0. The fourth-order valence-corrected chi connectivity index (χ4v) is 2.98. The minimum absolute atomic E-state index is 0.160. The number of benzene rings is 2. The van der Waals surface area contributed by atoms with Crippen LogP contribution in [0.1, 0.15) is 35.4 Å². The summed E-state index contributed by atoms with van der Waals surface area (Å²) < 4.78 is 19.5. The maximum atomic E-state index is 13.9. The average molecular weight is 286 g/mol. The van der Waals surface area contributed by atoms with Gasteiger partial charge in [-0.25, -0.2) is 4.39 Å². The van der Waals surface area contributed by atoms with Crippen LogP contribution in [0.2, 0.25) is 0 Å². The van der Waals surface area contributed by atoms with Gasteiger partial charge in [0.25, 0.3) is 0 Å². The van der Waals surface area contributed by atoms with Crippen molar-refractivity contribution in [2.75, 3.05) is 6.61 Å². The molecule has 0 saturated heterocycles. The quantitative estimate of drug-likeness (QED) is 0.926. The molecule has 1 aliphatic rings. The SMILES string of the molecule is OCc1ccc(OCC2CCCc3ccccc32)c(F)c1. The van der Waals surface area contributed by atoms with E-state index in [9.17, 15) is 4.39 Å². The van der Waals surface area contributed by atoms with Crippen LogP contribution in [0.25, 0.3) is 0 Å². The average Bonchev–Trinajstić information content (AvgIpc) is 2.53. The van der Waals surface area contributed by atoms with E-state index in [2.05, 4.69) is 18.2 Å². The van der Waals surface area contributed by atoms with Gasteiger partial charge in [0.05, 0.1) is 13.2 Å². The molecule has 0 saturated carbocycles. The zero-order chi connectivity index (χ0) is 14.7. The van der Waals surface area contributed by atoms with Crippen LogP contribution in [0.3, 0.4) is 0 Å².